The SMILES string of the molecule is O=C1CC(C(=O)N2CCN(C(=O)c3cccc(F)c3)CC2)CN1Cc1ccccc1. The van der Waals surface area contributed by atoms with E-state index in [0.717, 1.165) is 5.56 Å². The first-order chi connectivity index (χ1) is 14.5. The lowest BCUT2D eigenvalue weighted by molar-refractivity contribution is -0.137. The highest BCUT2D eigenvalue weighted by Gasteiger charge is 2.37. The second-order valence-electron chi connectivity index (χ2n) is 7.79. The Hall–Kier alpha value is -3.22. The van der Waals surface area contributed by atoms with Gasteiger partial charge in [0.25, 0.3) is 5.91 Å². The van der Waals surface area contributed by atoms with E-state index in [2.05, 4.69) is 0 Å². The fraction of sp³-hybridized carbons (Fsp3) is 0.348. The lowest BCUT2D eigenvalue weighted by atomic mass is 10.1. The molecule has 4 rings (SSSR count). The monoisotopic (exact) mass is 409 g/mol. The Morgan fingerprint density at radius 2 is 1.63 bits per heavy atom. The number of halogens is 1. The molecule has 6 nitrogen and oxygen atoms in total. The van der Waals surface area contributed by atoms with Gasteiger partial charge in [-0.2, -0.15) is 0 Å². The molecule has 0 N–H and O–H groups in total. The van der Waals surface area contributed by atoms with Crippen LogP contribution in [0.1, 0.15) is 22.3 Å². The molecule has 2 saturated heterocycles. The molecular formula is C23H24FN3O3. The summed E-state index contributed by atoms with van der Waals surface area (Å²) in [5.41, 5.74) is 1.36. The Morgan fingerprint density at radius 3 is 2.33 bits per heavy atom. The van der Waals surface area contributed by atoms with E-state index in [1.54, 1.807) is 20.8 Å². The summed E-state index contributed by atoms with van der Waals surface area (Å²) >= 11 is 0. The van der Waals surface area contributed by atoms with E-state index in [0.29, 0.717) is 44.8 Å². The number of piperazine rings is 1. The van der Waals surface area contributed by atoms with E-state index in [1.807, 2.05) is 30.3 Å². The van der Waals surface area contributed by atoms with Crippen LogP contribution in [-0.2, 0) is 16.1 Å². The maximum absolute atomic E-state index is 13.4. The molecule has 2 aliphatic heterocycles. The maximum Gasteiger partial charge on any atom is 0.254 e. The van der Waals surface area contributed by atoms with Gasteiger partial charge in [0.05, 0.1) is 5.92 Å². The van der Waals surface area contributed by atoms with Crippen molar-refractivity contribution in [3.05, 3.63) is 71.5 Å². The molecule has 1 atom stereocenters. The summed E-state index contributed by atoms with van der Waals surface area (Å²) in [5.74, 6) is -1.05. The van der Waals surface area contributed by atoms with Crippen molar-refractivity contribution in [1.82, 2.24) is 14.7 Å². The van der Waals surface area contributed by atoms with Crippen LogP contribution in [0.15, 0.2) is 54.6 Å². The summed E-state index contributed by atoms with van der Waals surface area (Å²) in [7, 11) is 0. The third kappa shape index (κ3) is 4.35. The summed E-state index contributed by atoms with van der Waals surface area (Å²) in [6.07, 6.45) is 0.230. The highest BCUT2D eigenvalue weighted by Crippen LogP contribution is 2.23. The van der Waals surface area contributed by atoms with Gasteiger partial charge >= 0.3 is 0 Å². The second-order valence-corrected chi connectivity index (χ2v) is 7.79. The van der Waals surface area contributed by atoms with Crippen LogP contribution >= 0.6 is 0 Å². The average Bonchev–Trinajstić information content (AvgIpc) is 3.13. The van der Waals surface area contributed by atoms with Crippen LogP contribution in [0.4, 0.5) is 4.39 Å². The molecule has 2 aromatic rings. The van der Waals surface area contributed by atoms with Gasteiger partial charge in [-0.3, -0.25) is 14.4 Å². The second kappa shape index (κ2) is 8.65. The van der Waals surface area contributed by atoms with Crippen LogP contribution in [-0.4, -0.2) is 65.1 Å². The zero-order valence-electron chi connectivity index (χ0n) is 16.7. The Balaban J connectivity index is 1.31. The molecule has 0 aliphatic carbocycles. The molecule has 2 fully saturated rings. The number of carbonyl (C=O) groups excluding carboxylic acids is 3. The molecule has 0 saturated carbocycles. The Morgan fingerprint density at radius 1 is 0.933 bits per heavy atom. The van der Waals surface area contributed by atoms with Crippen molar-refractivity contribution in [3.8, 4) is 0 Å². The molecule has 156 valence electrons. The van der Waals surface area contributed by atoms with Crippen molar-refractivity contribution in [3.63, 3.8) is 0 Å². The molecule has 7 heteroatoms. The van der Waals surface area contributed by atoms with Crippen LogP contribution in [0, 0.1) is 11.7 Å². The summed E-state index contributed by atoms with van der Waals surface area (Å²) in [4.78, 5) is 43.0. The predicted molar refractivity (Wildman–Crippen MR) is 109 cm³/mol. The quantitative estimate of drug-likeness (QED) is 0.778. The number of nitrogens with zero attached hydrogens (tertiary/aromatic N) is 3. The standard InChI is InChI=1S/C23H24FN3O3/c24-20-8-4-7-18(13-20)22(29)25-9-11-26(12-10-25)23(30)19-14-21(28)27(16-19)15-17-5-2-1-3-6-17/h1-8,13,19H,9-12,14-16H2. The molecule has 0 bridgehead atoms. The summed E-state index contributed by atoms with van der Waals surface area (Å²) in [6.45, 7) is 2.58. The molecule has 2 aliphatic rings. The maximum atomic E-state index is 13.4. The molecular weight excluding hydrogens is 385 g/mol. The number of benzene rings is 2. The number of carbonyl (C=O) groups is 3. The Kier molecular flexibility index (Phi) is 5.79. The van der Waals surface area contributed by atoms with Crippen molar-refractivity contribution in [2.75, 3.05) is 32.7 Å². The first-order valence-corrected chi connectivity index (χ1v) is 10.2. The average molecular weight is 409 g/mol. The highest BCUT2D eigenvalue weighted by molar-refractivity contribution is 5.94. The number of rotatable bonds is 4. The van der Waals surface area contributed by atoms with Gasteiger partial charge in [-0.1, -0.05) is 36.4 Å². The van der Waals surface area contributed by atoms with Crippen molar-refractivity contribution < 1.29 is 18.8 Å². The third-order valence-corrected chi connectivity index (χ3v) is 5.73. The largest absolute Gasteiger partial charge is 0.339 e. The zero-order valence-corrected chi connectivity index (χ0v) is 16.7. The molecule has 1 unspecified atom stereocenters. The lowest BCUT2D eigenvalue weighted by Crippen LogP contribution is -2.52. The fourth-order valence-corrected chi connectivity index (χ4v) is 4.09. The van der Waals surface area contributed by atoms with Crippen LogP contribution in [0.5, 0.6) is 0 Å². The first-order valence-electron chi connectivity index (χ1n) is 10.2. The van der Waals surface area contributed by atoms with Crippen LogP contribution in [0.2, 0.25) is 0 Å². The van der Waals surface area contributed by atoms with Gasteiger partial charge in [-0.05, 0) is 23.8 Å². The minimum atomic E-state index is -0.444. The molecule has 2 heterocycles. The van der Waals surface area contributed by atoms with Gasteiger partial charge in [0.2, 0.25) is 11.8 Å². The molecule has 30 heavy (non-hydrogen) atoms. The van der Waals surface area contributed by atoms with E-state index in [9.17, 15) is 18.8 Å². The Labute approximate surface area is 174 Å². The van der Waals surface area contributed by atoms with Gasteiger partial charge in [0, 0.05) is 51.3 Å². The van der Waals surface area contributed by atoms with E-state index in [4.69, 9.17) is 0 Å². The van der Waals surface area contributed by atoms with Gasteiger partial charge in [0.15, 0.2) is 0 Å². The zero-order chi connectivity index (χ0) is 21.1. The number of hydrogen-bond donors (Lipinski definition) is 0. The van der Waals surface area contributed by atoms with Gasteiger partial charge in [-0.15, -0.1) is 0 Å². The van der Waals surface area contributed by atoms with E-state index >= 15 is 0 Å². The molecule has 0 radical (unpaired) electrons. The summed E-state index contributed by atoms with van der Waals surface area (Å²) in [5, 5.41) is 0. The number of amides is 3. The van der Waals surface area contributed by atoms with Crippen LogP contribution in [0.25, 0.3) is 0 Å². The smallest absolute Gasteiger partial charge is 0.254 e. The van der Waals surface area contributed by atoms with Crippen molar-refractivity contribution in [2.24, 2.45) is 5.92 Å². The molecule has 0 aromatic heterocycles. The molecule has 2 aromatic carbocycles. The molecule has 3 amide bonds. The first kappa shape index (κ1) is 20.1. The summed E-state index contributed by atoms with van der Waals surface area (Å²) < 4.78 is 13.4. The summed E-state index contributed by atoms with van der Waals surface area (Å²) in [6, 6.07) is 15.4. The van der Waals surface area contributed by atoms with E-state index in [-0.39, 0.29) is 30.1 Å². The minimum absolute atomic E-state index is 0.00267. The number of likely N-dealkylation sites (tertiary alicyclic amines) is 1. The topological polar surface area (TPSA) is 60.9 Å². The third-order valence-electron chi connectivity index (χ3n) is 5.73. The lowest BCUT2D eigenvalue weighted by Gasteiger charge is -2.36. The van der Waals surface area contributed by atoms with Gasteiger partial charge in [0.1, 0.15) is 5.82 Å². The normalized spacial score (nSPS) is 19.3. The van der Waals surface area contributed by atoms with Crippen LogP contribution in [0.3, 0.4) is 0 Å². The molecule has 0 spiro atoms. The van der Waals surface area contributed by atoms with Crippen molar-refractivity contribution in [2.45, 2.75) is 13.0 Å². The highest BCUT2D eigenvalue weighted by atomic mass is 19.1. The van der Waals surface area contributed by atoms with E-state index < -0.39 is 5.82 Å². The van der Waals surface area contributed by atoms with Crippen molar-refractivity contribution in [1.29, 1.82) is 0 Å². The minimum Gasteiger partial charge on any atom is -0.339 e. The number of hydrogen-bond acceptors (Lipinski definition) is 3. The van der Waals surface area contributed by atoms with Crippen LogP contribution < -0.4 is 0 Å². The van der Waals surface area contributed by atoms with Gasteiger partial charge < -0.3 is 14.7 Å². The van der Waals surface area contributed by atoms with Gasteiger partial charge in [-0.25, -0.2) is 4.39 Å². The van der Waals surface area contributed by atoms with Crippen molar-refractivity contribution >= 4 is 17.7 Å². The predicted octanol–water partition coefficient (Wildman–Crippen LogP) is 2.16. The Bertz CT molecular complexity index is 942. The fourth-order valence-electron chi connectivity index (χ4n) is 4.09. The van der Waals surface area contributed by atoms with E-state index in [1.165, 1.54) is 18.2 Å².